The Kier molecular flexibility index (Phi) is 41.4. The van der Waals surface area contributed by atoms with Crippen LogP contribution in [-0.2, 0) is 28.6 Å². The minimum Gasteiger partial charge on any atom is -0.462 e. The normalized spacial score (nSPS) is 12.0. The Labute approximate surface area is 329 Å². The number of rotatable bonds is 42. The molecule has 0 rings (SSSR count). The highest BCUT2D eigenvalue weighted by molar-refractivity contribution is 5.71. The molecule has 0 aliphatic heterocycles. The molecule has 0 aliphatic carbocycles. The molecule has 1 atom stereocenters. The first-order chi connectivity index (χ1) is 26.0. The van der Waals surface area contributed by atoms with Crippen LogP contribution >= 0.6 is 0 Å². The fraction of sp³-hybridized carbons (Fsp3) is 0.894. The van der Waals surface area contributed by atoms with Gasteiger partial charge < -0.3 is 14.2 Å². The van der Waals surface area contributed by atoms with Gasteiger partial charge >= 0.3 is 17.9 Å². The zero-order chi connectivity index (χ0) is 38.7. The van der Waals surface area contributed by atoms with Gasteiger partial charge in [-0.2, -0.15) is 0 Å². The molecule has 0 spiro atoms. The molecular formula is C47H88O6. The summed E-state index contributed by atoms with van der Waals surface area (Å²) in [6, 6.07) is 0. The van der Waals surface area contributed by atoms with Crippen LogP contribution in [0.25, 0.3) is 0 Å². The van der Waals surface area contributed by atoms with Gasteiger partial charge in [-0.1, -0.05) is 200 Å². The van der Waals surface area contributed by atoms with E-state index in [1.54, 1.807) is 0 Å². The monoisotopic (exact) mass is 749 g/mol. The molecule has 0 saturated heterocycles. The number of hydrogen-bond acceptors (Lipinski definition) is 6. The van der Waals surface area contributed by atoms with Crippen molar-refractivity contribution >= 4 is 17.9 Å². The zero-order valence-electron chi connectivity index (χ0n) is 35.6. The molecule has 0 heterocycles. The topological polar surface area (TPSA) is 78.9 Å². The molecule has 0 radical (unpaired) electrons. The fourth-order valence-corrected chi connectivity index (χ4v) is 6.73. The van der Waals surface area contributed by atoms with Crippen molar-refractivity contribution in [3.8, 4) is 0 Å². The van der Waals surface area contributed by atoms with Gasteiger partial charge in [-0.25, -0.2) is 0 Å². The molecule has 0 bridgehead atoms. The van der Waals surface area contributed by atoms with Crippen LogP contribution < -0.4 is 0 Å². The number of carbonyl (C=O) groups excluding carboxylic acids is 3. The highest BCUT2D eigenvalue weighted by atomic mass is 16.6. The molecule has 0 aromatic rings. The summed E-state index contributed by atoms with van der Waals surface area (Å²) in [7, 11) is 0. The fourth-order valence-electron chi connectivity index (χ4n) is 6.73. The Morgan fingerprint density at radius 3 is 0.943 bits per heavy atom. The van der Waals surface area contributed by atoms with Crippen molar-refractivity contribution in [2.75, 3.05) is 13.2 Å². The minimum atomic E-state index is -0.764. The molecule has 53 heavy (non-hydrogen) atoms. The van der Waals surface area contributed by atoms with Crippen LogP contribution in [-0.4, -0.2) is 37.2 Å². The van der Waals surface area contributed by atoms with Crippen molar-refractivity contribution in [3.05, 3.63) is 12.2 Å². The van der Waals surface area contributed by atoms with E-state index in [-0.39, 0.29) is 31.1 Å². The molecule has 6 nitrogen and oxygen atoms in total. The molecule has 0 saturated carbocycles. The highest BCUT2D eigenvalue weighted by Crippen LogP contribution is 2.15. The molecule has 0 fully saturated rings. The first-order valence-corrected chi connectivity index (χ1v) is 23.2. The summed E-state index contributed by atoms with van der Waals surface area (Å²) in [4.78, 5) is 37.7. The first-order valence-electron chi connectivity index (χ1n) is 23.2. The number of carbonyl (C=O) groups is 3. The van der Waals surface area contributed by atoms with Gasteiger partial charge in [-0.05, 0) is 44.9 Å². The van der Waals surface area contributed by atoms with Crippen LogP contribution in [0.1, 0.15) is 252 Å². The summed E-state index contributed by atoms with van der Waals surface area (Å²) in [5.41, 5.74) is 0. The Morgan fingerprint density at radius 1 is 0.358 bits per heavy atom. The molecule has 312 valence electrons. The molecule has 0 amide bonds. The number of allylic oxidation sites excluding steroid dienone is 2. The average molecular weight is 749 g/mol. The van der Waals surface area contributed by atoms with Crippen molar-refractivity contribution in [3.63, 3.8) is 0 Å². The van der Waals surface area contributed by atoms with E-state index in [0.29, 0.717) is 19.3 Å². The lowest BCUT2D eigenvalue weighted by molar-refractivity contribution is -0.167. The minimum absolute atomic E-state index is 0.0683. The maximum Gasteiger partial charge on any atom is 0.306 e. The smallest absolute Gasteiger partial charge is 0.306 e. The first kappa shape index (κ1) is 51.1. The summed E-state index contributed by atoms with van der Waals surface area (Å²) in [6.07, 6.45) is 44.7. The Hall–Kier alpha value is -1.85. The van der Waals surface area contributed by atoms with Crippen LogP contribution in [0.15, 0.2) is 12.2 Å². The van der Waals surface area contributed by atoms with Crippen molar-refractivity contribution < 1.29 is 28.6 Å². The molecule has 0 N–H and O–H groups in total. The Balaban J connectivity index is 4.33. The lowest BCUT2D eigenvalue weighted by Gasteiger charge is -2.18. The summed E-state index contributed by atoms with van der Waals surface area (Å²) in [5.74, 6) is -0.871. The lowest BCUT2D eigenvalue weighted by Crippen LogP contribution is -2.30. The van der Waals surface area contributed by atoms with Crippen molar-refractivity contribution in [2.45, 2.75) is 258 Å². The second kappa shape index (κ2) is 42.9. The number of esters is 3. The summed E-state index contributed by atoms with van der Waals surface area (Å²) in [6.45, 7) is 6.61. The van der Waals surface area contributed by atoms with E-state index in [9.17, 15) is 14.4 Å². The Morgan fingerprint density at radius 2 is 0.623 bits per heavy atom. The highest BCUT2D eigenvalue weighted by Gasteiger charge is 2.19. The van der Waals surface area contributed by atoms with Crippen molar-refractivity contribution in [1.82, 2.24) is 0 Å². The third-order valence-corrected chi connectivity index (χ3v) is 10.3. The van der Waals surface area contributed by atoms with Crippen LogP contribution in [0.3, 0.4) is 0 Å². The molecule has 0 aliphatic rings. The third-order valence-electron chi connectivity index (χ3n) is 10.3. The van der Waals surface area contributed by atoms with Crippen LogP contribution in [0.2, 0.25) is 0 Å². The van der Waals surface area contributed by atoms with Crippen LogP contribution in [0.4, 0.5) is 0 Å². The van der Waals surface area contributed by atoms with E-state index >= 15 is 0 Å². The quantitative estimate of drug-likeness (QED) is 0.0268. The van der Waals surface area contributed by atoms with E-state index < -0.39 is 6.10 Å². The molecular weight excluding hydrogens is 661 g/mol. The van der Waals surface area contributed by atoms with Gasteiger partial charge in [0, 0.05) is 19.3 Å². The van der Waals surface area contributed by atoms with Gasteiger partial charge in [-0.15, -0.1) is 0 Å². The maximum absolute atomic E-state index is 12.7. The number of unbranched alkanes of at least 4 members (excludes halogenated alkanes) is 29. The maximum atomic E-state index is 12.7. The molecule has 6 heteroatoms. The Bertz CT molecular complexity index is 824. The van der Waals surface area contributed by atoms with Crippen LogP contribution in [0, 0.1) is 0 Å². The third kappa shape index (κ3) is 41.2. The lowest BCUT2D eigenvalue weighted by atomic mass is 10.1. The van der Waals surface area contributed by atoms with E-state index in [0.717, 1.165) is 64.2 Å². The predicted octanol–water partition coefficient (Wildman–Crippen LogP) is 14.6. The molecule has 0 aromatic carbocycles. The van der Waals surface area contributed by atoms with E-state index in [1.165, 1.54) is 148 Å². The van der Waals surface area contributed by atoms with Gasteiger partial charge in [0.05, 0.1) is 0 Å². The van der Waals surface area contributed by atoms with Crippen LogP contribution in [0.5, 0.6) is 0 Å². The summed E-state index contributed by atoms with van der Waals surface area (Å²) in [5, 5.41) is 0. The summed E-state index contributed by atoms with van der Waals surface area (Å²) >= 11 is 0. The molecule has 0 aromatic heterocycles. The number of ether oxygens (including phenoxy) is 3. The summed E-state index contributed by atoms with van der Waals surface area (Å²) < 4.78 is 16.7. The van der Waals surface area contributed by atoms with Crippen molar-refractivity contribution in [1.29, 1.82) is 0 Å². The van der Waals surface area contributed by atoms with Gasteiger partial charge in [0.25, 0.3) is 0 Å². The SMILES string of the molecule is CCCCCCC/C=C\CCCCCCCC(=O)OC[C@@H](COC(=O)CCCCCCCCCCCC)OC(=O)CCCCCCCCCCCCC. The van der Waals surface area contributed by atoms with Gasteiger partial charge in [0.15, 0.2) is 6.10 Å². The van der Waals surface area contributed by atoms with E-state index in [2.05, 4.69) is 32.9 Å². The van der Waals surface area contributed by atoms with Gasteiger partial charge in [0.2, 0.25) is 0 Å². The second-order valence-corrected chi connectivity index (χ2v) is 15.7. The standard InChI is InChI=1S/C47H88O6/c1-4-7-10-13-16-19-22-23-24-26-28-31-34-37-40-46(49)52-43-44(42-51-45(48)39-36-33-30-27-21-18-15-12-9-6-3)53-47(50)41-38-35-32-29-25-20-17-14-11-8-5-2/h22-23,44H,4-21,24-43H2,1-3H3/b23-22-/t44-/m1/s1. The van der Waals surface area contributed by atoms with E-state index in [4.69, 9.17) is 14.2 Å². The van der Waals surface area contributed by atoms with E-state index in [1.807, 2.05) is 0 Å². The average Bonchev–Trinajstić information content (AvgIpc) is 3.15. The van der Waals surface area contributed by atoms with Gasteiger partial charge in [-0.3, -0.25) is 14.4 Å². The van der Waals surface area contributed by atoms with Gasteiger partial charge in [0.1, 0.15) is 13.2 Å². The molecule has 0 unspecified atom stereocenters. The zero-order valence-corrected chi connectivity index (χ0v) is 35.6. The number of hydrogen-bond donors (Lipinski definition) is 0. The van der Waals surface area contributed by atoms with Crippen molar-refractivity contribution in [2.24, 2.45) is 0 Å². The predicted molar refractivity (Wildman–Crippen MR) is 224 cm³/mol. The second-order valence-electron chi connectivity index (χ2n) is 15.7. The largest absolute Gasteiger partial charge is 0.462 e.